The maximum atomic E-state index is 12.2. The molecule has 0 unspecified atom stereocenters. The number of amides is 1. The molecule has 2 rings (SSSR count). The fraction of sp³-hybridized carbons (Fsp3) is 0.333. The fourth-order valence-electron chi connectivity index (χ4n) is 1.64. The predicted octanol–water partition coefficient (Wildman–Crippen LogP) is 2.39. The van der Waals surface area contributed by atoms with Crippen LogP contribution in [0.5, 0.6) is 0 Å². The molecule has 0 radical (unpaired) electrons. The maximum Gasteiger partial charge on any atom is 0.258 e. The largest absolute Gasteiger partial charge is 0.324 e. The summed E-state index contributed by atoms with van der Waals surface area (Å²) in [5, 5.41) is 2.80. The quantitative estimate of drug-likeness (QED) is 0.854. The lowest BCUT2D eigenvalue weighted by molar-refractivity contribution is -0.124. The molecule has 0 spiro atoms. The van der Waals surface area contributed by atoms with Crippen molar-refractivity contribution in [3.63, 3.8) is 0 Å². The number of Topliss-reactive ketones (excluding diaryl/α,β-unsaturated/α-hetero) is 1. The first-order valence-corrected chi connectivity index (χ1v) is 7.28. The topological polar surface area (TPSA) is 46.2 Å². The van der Waals surface area contributed by atoms with Gasteiger partial charge in [-0.15, -0.1) is 23.5 Å². The summed E-state index contributed by atoms with van der Waals surface area (Å²) in [6.45, 7) is 1.48. The molecular formula is C12H13NO2S2. The SMILES string of the molecule is CC(=O)C1(C(=O)Nc2ccccc2)SCCS1. The molecule has 1 aromatic carbocycles. The number of thioether (sulfide) groups is 2. The van der Waals surface area contributed by atoms with Crippen LogP contribution in [0.3, 0.4) is 0 Å². The summed E-state index contributed by atoms with van der Waals surface area (Å²) in [6, 6.07) is 9.22. The number of ketones is 1. The van der Waals surface area contributed by atoms with Crippen LogP contribution < -0.4 is 5.32 Å². The van der Waals surface area contributed by atoms with E-state index in [9.17, 15) is 9.59 Å². The maximum absolute atomic E-state index is 12.2. The molecule has 0 atom stereocenters. The number of rotatable bonds is 3. The molecule has 1 aliphatic heterocycles. The highest BCUT2D eigenvalue weighted by Crippen LogP contribution is 2.45. The van der Waals surface area contributed by atoms with Crippen LogP contribution in [0.15, 0.2) is 30.3 Å². The molecule has 1 saturated heterocycles. The number of hydrogen-bond donors (Lipinski definition) is 1. The molecule has 17 heavy (non-hydrogen) atoms. The number of para-hydroxylation sites is 1. The summed E-state index contributed by atoms with van der Waals surface area (Å²) in [7, 11) is 0. The second-order valence-corrected chi connectivity index (χ2v) is 6.57. The van der Waals surface area contributed by atoms with E-state index in [4.69, 9.17) is 0 Å². The number of anilines is 1. The van der Waals surface area contributed by atoms with E-state index < -0.39 is 4.08 Å². The lowest BCUT2D eigenvalue weighted by Gasteiger charge is -2.22. The highest BCUT2D eigenvalue weighted by Gasteiger charge is 2.47. The summed E-state index contributed by atoms with van der Waals surface area (Å²) in [5.41, 5.74) is 0.728. The van der Waals surface area contributed by atoms with Gasteiger partial charge >= 0.3 is 0 Å². The summed E-state index contributed by atoms with van der Waals surface area (Å²) in [4.78, 5) is 23.9. The number of carbonyl (C=O) groups excluding carboxylic acids is 2. The zero-order valence-electron chi connectivity index (χ0n) is 9.43. The monoisotopic (exact) mass is 267 g/mol. The summed E-state index contributed by atoms with van der Waals surface area (Å²) in [5.74, 6) is 1.38. The van der Waals surface area contributed by atoms with E-state index in [1.807, 2.05) is 30.3 Å². The Kier molecular flexibility index (Phi) is 3.79. The average Bonchev–Trinajstić information content (AvgIpc) is 2.80. The van der Waals surface area contributed by atoms with Gasteiger partial charge in [-0.2, -0.15) is 0 Å². The van der Waals surface area contributed by atoms with E-state index in [0.717, 1.165) is 17.2 Å². The third kappa shape index (κ3) is 2.50. The zero-order chi connectivity index (χ0) is 12.3. The molecule has 3 nitrogen and oxygen atoms in total. The highest BCUT2D eigenvalue weighted by atomic mass is 32.2. The molecule has 90 valence electrons. The van der Waals surface area contributed by atoms with Gasteiger partial charge in [0.2, 0.25) is 0 Å². The van der Waals surface area contributed by atoms with Crippen molar-refractivity contribution in [3.05, 3.63) is 30.3 Å². The average molecular weight is 267 g/mol. The molecule has 0 aliphatic carbocycles. The van der Waals surface area contributed by atoms with Crippen LogP contribution in [0, 0.1) is 0 Å². The van der Waals surface area contributed by atoms with E-state index in [0.29, 0.717) is 0 Å². The van der Waals surface area contributed by atoms with E-state index in [2.05, 4.69) is 5.32 Å². The Morgan fingerprint density at radius 1 is 1.18 bits per heavy atom. The third-order valence-corrected chi connectivity index (χ3v) is 6.03. The first-order chi connectivity index (χ1) is 8.15. The number of carbonyl (C=O) groups is 2. The van der Waals surface area contributed by atoms with Crippen LogP contribution in [0.1, 0.15) is 6.92 Å². The van der Waals surface area contributed by atoms with Crippen LogP contribution in [0.25, 0.3) is 0 Å². The smallest absolute Gasteiger partial charge is 0.258 e. The lowest BCUT2D eigenvalue weighted by Crippen LogP contribution is -2.41. The van der Waals surface area contributed by atoms with Crippen molar-refractivity contribution >= 4 is 40.9 Å². The minimum atomic E-state index is -0.949. The standard InChI is InChI=1S/C12H13NO2S2/c1-9(14)12(16-7-8-17-12)11(15)13-10-5-3-2-4-6-10/h2-6H,7-8H2,1H3,(H,13,15). The van der Waals surface area contributed by atoms with Crippen LogP contribution in [-0.2, 0) is 9.59 Å². The van der Waals surface area contributed by atoms with Crippen LogP contribution in [0.2, 0.25) is 0 Å². The van der Waals surface area contributed by atoms with Crippen molar-refractivity contribution < 1.29 is 9.59 Å². The first-order valence-electron chi connectivity index (χ1n) is 5.30. The van der Waals surface area contributed by atoms with Gasteiger partial charge in [-0.3, -0.25) is 9.59 Å². The van der Waals surface area contributed by atoms with Crippen molar-refractivity contribution in [1.29, 1.82) is 0 Å². The summed E-state index contributed by atoms with van der Waals surface area (Å²) < 4.78 is -0.949. The van der Waals surface area contributed by atoms with Crippen molar-refractivity contribution in [2.75, 3.05) is 16.8 Å². The predicted molar refractivity (Wildman–Crippen MR) is 73.4 cm³/mol. The van der Waals surface area contributed by atoms with Gasteiger partial charge in [0.15, 0.2) is 9.86 Å². The molecule has 1 heterocycles. The van der Waals surface area contributed by atoms with E-state index in [-0.39, 0.29) is 11.7 Å². The molecule has 0 aromatic heterocycles. The lowest BCUT2D eigenvalue weighted by atomic mass is 10.2. The fourth-order valence-corrected chi connectivity index (χ4v) is 4.49. The Hall–Kier alpha value is -0.940. The van der Waals surface area contributed by atoms with Gasteiger partial charge in [0, 0.05) is 17.2 Å². The Labute approximate surface area is 109 Å². The van der Waals surface area contributed by atoms with E-state index in [1.165, 1.54) is 30.4 Å². The molecule has 1 aliphatic rings. The van der Waals surface area contributed by atoms with Gasteiger partial charge < -0.3 is 5.32 Å². The molecule has 1 aromatic rings. The molecule has 1 N–H and O–H groups in total. The van der Waals surface area contributed by atoms with E-state index >= 15 is 0 Å². The molecular weight excluding hydrogens is 254 g/mol. The second kappa shape index (κ2) is 5.14. The normalized spacial score (nSPS) is 17.7. The van der Waals surface area contributed by atoms with Crippen molar-refractivity contribution in [1.82, 2.24) is 0 Å². The highest BCUT2D eigenvalue weighted by molar-refractivity contribution is 8.23. The van der Waals surface area contributed by atoms with Crippen LogP contribution in [-0.4, -0.2) is 27.3 Å². The van der Waals surface area contributed by atoms with Gasteiger partial charge in [-0.25, -0.2) is 0 Å². The minimum absolute atomic E-state index is 0.0848. The zero-order valence-corrected chi connectivity index (χ0v) is 11.1. The Morgan fingerprint density at radius 2 is 1.76 bits per heavy atom. The molecule has 1 amide bonds. The Balaban J connectivity index is 2.16. The van der Waals surface area contributed by atoms with Crippen molar-refractivity contribution in [2.24, 2.45) is 0 Å². The molecule has 0 saturated carbocycles. The van der Waals surface area contributed by atoms with E-state index in [1.54, 1.807) is 0 Å². The Morgan fingerprint density at radius 3 is 2.29 bits per heavy atom. The van der Waals surface area contributed by atoms with Gasteiger partial charge in [0.05, 0.1) is 0 Å². The number of hydrogen-bond acceptors (Lipinski definition) is 4. The first kappa shape index (κ1) is 12.5. The van der Waals surface area contributed by atoms with Gasteiger partial charge in [-0.05, 0) is 19.1 Å². The van der Waals surface area contributed by atoms with Crippen molar-refractivity contribution in [3.8, 4) is 0 Å². The molecule has 0 bridgehead atoms. The molecule has 5 heteroatoms. The van der Waals surface area contributed by atoms with Crippen LogP contribution in [0.4, 0.5) is 5.69 Å². The number of nitrogens with one attached hydrogen (secondary N) is 1. The van der Waals surface area contributed by atoms with Crippen LogP contribution >= 0.6 is 23.5 Å². The minimum Gasteiger partial charge on any atom is -0.324 e. The summed E-state index contributed by atoms with van der Waals surface area (Å²) >= 11 is 2.85. The second-order valence-electron chi connectivity index (χ2n) is 3.69. The third-order valence-electron chi connectivity index (χ3n) is 2.49. The van der Waals surface area contributed by atoms with Gasteiger partial charge in [0.1, 0.15) is 0 Å². The van der Waals surface area contributed by atoms with Gasteiger partial charge in [0.25, 0.3) is 5.91 Å². The number of benzene rings is 1. The van der Waals surface area contributed by atoms with Crippen molar-refractivity contribution in [2.45, 2.75) is 11.0 Å². The Bertz CT molecular complexity index is 427. The summed E-state index contributed by atoms with van der Waals surface area (Å²) in [6.07, 6.45) is 0. The molecule has 1 fully saturated rings. The van der Waals surface area contributed by atoms with Gasteiger partial charge in [-0.1, -0.05) is 18.2 Å².